The minimum absolute atomic E-state index is 0.0509. The number of carbonyl (C=O) groups excluding carboxylic acids is 1. The van der Waals surface area contributed by atoms with Crippen molar-refractivity contribution in [1.82, 2.24) is 10.0 Å². The summed E-state index contributed by atoms with van der Waals surface area (Å²) in [5.41, 5.74) is 1.65. The number of benzene rings is 2. The number of nitrogens with one attached hydrogen (secondary N) is 2. The molecule has 0 spiro atoms. The van der Waals surface area contributed by atoms with Gasteiger partial charge in [-0.1, -0.05) is 36.4 Å². The molecule has 29 heavy (non-hydrogen) atoms. The zero-order chi connectivity index (χ0) is 21.1. The lowest BCUT2D eigenvalue weighted by Gasteiger charge is -2.20. The normalized spacial score (nSPS) is 15.0. The average molecular weight is 438 g/mol. The molecule has 1 atom stereocenters. The molecule has 0 aliphatic carbocycles. The van der Waals surface area contributed by atoms with Crippen LogP contribution in [-0.4, -0.2) is 47.6 Å². The molecule has 0 saturated heterocycles. The number of para-hydroxylation sites is 1. The maximum absolute atomic E-state index is 12.6. The number of rotatable bonds is 8. The van der Waals surface area contributed by atoms with Crippen LogP contribution in [0.15, 0.2) is 59.5 Å². The number of sulfonamides is 2. The number of nitrogens with zero attached hydrogens (tertiary/aromatic N) is 1. The van der Waals surface area contributed by atoms with Gasteiger partial charge >= 0.3 is 0 Å². The summed E-state index contributed by atoms with van der Waals surface area (Å²) in [4.78, 5) is 12.3. The van der Waals surface area contributed by atoms with E-state index in [1.807, 2.05) is 12.1 Å². The molecule has 0 bridgehead atoms. The van der Waals surface area contributed by atoms with E-state index >= 15 is 0 Å². The smallest absolute Gasteiger partial charge is 0.241 e. The first-order chi connectivity index (χ1) is 13.7. The zero-order valence-corrected chi connectivity index (χ0v) is 17.5. The molecule has 3 rings (SSSR count). The first-order valence-corrected chi connectivity index (χ1v) is 12.2. The third-order valence-corrected chi connectivity index (χ3v) is 7.95. The van der Waals surface area contributed by atoms with Crippen molar-refractivity contribution in [3.05, 3.63) is 60.2 Å². The van der Waals surface area contributed by atoms with E-state index in [1.54, 1.807) is 30.3 Å². The molecule has 1 aliphatic heterocycles. The fraction of sp³-hybridized carbons (Fsp3) is 0.316. The number of fused-ring (bicyclic) bond motifs is 1. The number of carbonyl (C=O) groups is 1. The van der Waals surface area contributed by atoms with E-state index in [4.69, 9.17) is 0 Å². The lowest BCUT2D eigenvalue weighted by molar-refractivity contribution is -0.122. The van der Waals surface area contributed by atoms with Gasteiger partial charge in [0.05, 0.1) is 22.4 Å². The van der Waals surface area contributed by atoms with Crippen molar-refractivity contribution in [2.75, 3.05) is 23.1 Å². The minimum atomic E-state index is -3.84. The second kappa shape index (κ2) is 8.52. The van der Waals surface area contributed by atoms with E-state index in [0.29, 0.717) is 18.7 Å². The predicted molar refractivity (Wildman–Crippen MR) is 111 cm³/mol. The predicted octanol–water partition coefficient (Wildman–Crippen LogP) is 0.862. The largest absolute Gasteiger partial charge is 0.354 e. The maximum Gasteiger partial charge on any atom is 0.241 e. The number of hydrogen-bond donors (Lipinski definition) is 2. The summed E-state index contributed by atoms with van der Waals surface area (Å²) >= 11 is 0. The molecule has 1 amide bonds. The van der Waals surface area contributed by atoms with E-state index in [9.17, 15) is 21.6 Å². The zero-order valence-electron chi connectivity index (χ0n) is 15.9. The number of anilines is 1. The average Bonchev–Trinajstić information content (AvgIpc) is 3.13. The molecule has 0 unspecified atom stereocenters. The van der Waals surface area contributed by atoms with Crippen LogP contribution in [0.4, 0.5) is 5.69 Å². The van der Waals surface area contributed by atoms with Gasteiger partial charge in [0.15, 0.2) is 0 Å². The van der Waals surface area contributed by atoms with E-state index in [0.717, 1.165) is 5.56 Å². The summed E-state index contributed by atoms with van der Waals surface area (Å²) in [7, 11) is -7.43. The highest BCUT2D eigenvalue weighted by molar-refractivity contribution is 7.92. The highest BCUT2D eigenvalue weighted by Crippen LogP contribution is 2.29. The summed E-state index contributed by atoms with van der Waals surface area (Å²) in [6, 6.07) is 14.0. The van der Waals surface area contributed by atoms with E-state index in [-0.39, 0.29) is 17.2 Å². The van der Waals surface area contributed by atoms with Crippen LogP contribution in [0.5, 0.6) is 0 Å². The lowest BCUT2D eigenvalue weighted by atomic mass is 10.2. The van der Waals surface area contributed by atoms with Crippen molar-refractivity contribution in [3.63, 3.8) is 0 Å². The van der Waals surface area contributed by atoms with Gasteiger partial charge in [-0.2, -0.15) is 4.72 Å². The van der Waals surface area contributed by atoms with Crippen LogP contribution in [0, 0.1) is 0 Å². The van der Waals surface area contributed by atoms with Crippen molar-refractivity contribution in [2.24, 2.45) is 0 Å². The van der Waals surface area contributed by atoms with Crippen LogP contribution < -0.4 is 14.3 Å². The van der Waals surface area contributed by atoms with Gasteiger partial charge in [0.25, 0.3) is 0 Å². The Bertz CT molecular complexity index is 1090. The fourth-order valence-electron chi connectivity index (χ4n) is 3.12. The number of hydrogen-bond acceptors (Lipinski definition) is 5. The molecule has 2 aromatic rings. The van der Waals surface area contributed by atoms with Gasteiger partial charge in [0.2, 0.25) is 26.0 Å². The highest BCUT2D eigenvalue weighted by Gasteiger charge is 2.29. The minimum Gasteiger partial charge on any atom is -0.354 e. The Balaban J connectivity index is 1.54. The van der Waals surface area contributed by atoms with Gasteiger partial charge in [0, 0.05) is 13.1 Å². The molecule has 1 aliphatic rings. The molecular weight excluding hydrogens is 414 g/mol. The molecule has 0 radical (unpaired) electrons. The third kappa shape index (κ3) is 4.95. The standard InChI is InChI=1S/C19H23N3O5S2/c1-15(21-29(26,27)17-8-3-2-4-9-17)19(23)20-12-14-28(24,25)22-13-11-16-7-5-6-10-18(16)22/h2-10,15,21H,11-14H2,1H3,(H,20,23)/t15-/m0/s1. The van der Waals surface area contributed by atoms with Crippen LogP contribution in [0.25, 0.3) is 0 Å². The van der Waals surface area contributed by atoms with Crippen molar-refractivity contribution in [2.45, 2.75) is 24.3 Å². The van der Waals surface area contributed by atoms with Gasteiger partial charge in [-0.05, 0) is 37.1 Å². The third-order valence-electron chi connectivity index (χ3n) is 4.62. The Hall–Kier alpha value is -2.43. The monoisotopic (exact) mass is 437 g/mol. The molecule has 0 aromatic heterocycles. The maximum atomic E-state index is 12.6. The van der Waals surface area contributed by atoms with Gasteiger partial charge in [-0.25, -0.2) is 16.8 Å². The SMILES string of the molecule is C[C@H](NS(=O)(=O)c1ccccc1)C(=O)NCCS(=O)(=O)N1CCc2ccccc21. The van der Waals surface area contributed by atoms with Crippen LogP contribution in [0.3, 0.4) is 0 Å². The molecule has 156 valence electrons. The van der Waals surface area contributed by atoms with Crippen molar-refractivity contribution in [3.8, 4) is 0 Å². The molecule has 1 heterocycles. The Kier molecular flexibility index (Phi) is 6.25. The van der Waals surface area contributed by atoms with E-state index in [1.165, 1.54) is 23.4 Å². The molecule has 0 saturated carbocycles. The quantitative estimate of drug-likeness (QED) is 0.636. The molecular formula is C19H23N3O5S2. The molecule has 8 nitrogen and oxygen atoms in total. The summed E-state index contributed by atoms with van der Waals surface area (Å²) in [6.45, 7) is 1.67. The molecule has 0 fully saturated rings. The molecule has 2 N–H and O–H groups in total. The van der Waals surface area contributed by atoms with Gasteiger partial charge < -0.3 is 5.32 Å². The summed E-state index contributed by atoms with van der Waals surface area (Å²) < 4.78 is 53.4. The first-order valence-electron chi connectivity index (χ1n) is 9.14. The van der Waals surface area contributed by atoms with Gasteiger partial charge in [-0.15, -0.1) is 0 Å². The second-order valence-electron chi connectivity index (χ2n) is 6.71. The molecule has 2 aromatic carbocycles. The number of amides is 1. The van der Waals surface area contributed by atoms with Crippen LogP contribution in [-0.2, 0) is 31.3 Å². The topological polar surface area (TPSA) is 113 Å². The fourth-order valence-corrected chi connectivity index (χ4v) is 5.77. The van der Waals surface area contributed by atoms with Crippen molar-refractivity contribution in [1.29, 1.82) is 0 Å². The first kappa shape index (κ1) is 21.3. The van der Waals surface area contributed by atoms with Crippen LogP contribution in [0.2, 0.25) is 0 Å². The summed E-state index contributed by atoms with van der Waals surface area (Å²) in [6.07, 6.45) is 0.653. The van der Waals surface area contributed by atoms with E-state index < -0.39 is 32.0 Å². The van der Waals surface area contributed by atoms with Crippen LogP contribution in [0.1, 0.15) is 12.5 Å². The van der Waals surface area contributed by atoms with Gasteiger partial charge in [0.1, 0.15) is 0 Å². The van der Waals surface area contributed by atoms with Crippen LogP contribution >= 0.6 is 0 Å². The highest BCUT2D eigenvalue weighted by atomic mass is 32.2. The van der Waals surface area contributed by atoms with Gasteiger partial charge in [-0.3, -0.25) is 9.10 Å². The Morgan fingerprint density at radius 3 is 2.41 bits per heavy atom. The second-order valence-corrected chi connectivity index (χ2v) is 10.4. The van der Waals surface area contributed by atoms with E-state index in [2.05, 4.69) is 10.0 Å². The molecule has 10 heteroatoms. The Morgan fingerprint density at radius 1 is 1.03 bits per heavy atom. The lowest BCUT2D eigenvalue weighted by Crippen LogP contribution is -2.46. The Labute approximate surface area is 171 Å². The Morgan fingerprint density at radius 2 is 1.69 bits per heavy atom. The summed E-state index contributed by atoms with van der Waals surface area (Å²) in [5.74, 6) is -0.868. The van der Waals surface area contributed by atoms with Crippen molar-refractivity contribution < 1.29 is 21.6 Å². The summed E-state index contributed by atoms with van der Waals surface area (Å²) in [5, 5.41) is 2.49. The van der Waals surface area contributed by atoms with Crippen molar-refractivity contribution >= 4 is 31.6 Å².